The molecule has 0 N–H and O–H groups in total. The Morgan fingerprint density at radius 2 is 1.72 bits per heavy atom. The van der Waals surface area contributed by atoms with Crippen LogP contribution in [0.25, 0.3) is 0 Å². The summed E-state index contributed by atoms with van der Waals surface area (Å²) >= 11 is 0. The number of rotatable bonds is 8. The molecule has 0 spiro atoms. The Hall–Kier alpha value is -0.910. The normalized spacial score (nSPS) is 11.7. The second-order valence-corrected chi connectivity index (χ2v) is 5.65. The average Bonchev–Trinajstić information content (AvgIpc) is 2.38. The SMILES string of the molecule is CCc1ccc(S(=O)(=O)OCCCCC[O])cc1. The molecule has 5 heteroatoms. The van der Waals surface area contributed by atoms with Crippen molar-refractivity contribution in [2.45, 2.75) is 37.5 Å². The number of hydrogen-bond acceptors (Lipinski definition) is 3. The Kier molecular flexibility index (Phi) is 6.32. The topological polar surface area (TPSA) is 63.3 Å². The van der Waals surface area contributed by atoms with Crippen LogP contribution in [0.3, 0.4) is 0 Å². The summed E-state index contributed by atoms with van der Waals surface area (Å²) < 4.78 is 28.5. The van der Waals surface area contributed by atoms with Gasteiger partial charge >= 0.3 is 0 Å². The molecule has 1 aromatic carbocycles. The van der Waals surface area contributed by atoms with Gasteiger partial charge in [-0.05, 0) is 43.4 Å². The first-order valence-electron chi connectivity index (χ1n) is 6.16. The first-order chi connectivity index (χ1) is 8.60. The fourth-order valence-corrected chi connectivity index (χ4v) is 2.45. The highest BCUT2D eigenvalue weighted by molar-refractivity contribution is 7.86. The zero-order valence-corrected chi connectivity index (χ0v) is 11.4. The molecule has 0 aliphatic rings. The van der Waals surface area contributed by atoms with Crippen LogP contribution in [0.4, 0.5) is 0 Å². The van der Waals surface area contributed by atoms with E-state index in [2.05, 4.69) is 0 Å². The molecule has 0 aromatic heterocycles. The van der Waals surface area contributed by atoms with E-state index in [1.807, 2.05) is 6.92 Å². The lowest BCUT2D eigenvalue weighted by atomic mass is 10.2. The van der Waals surface area contributed by atoms with Crippen molar-refractivity contribution < 1.29 is 17.7 Å². The molecule has 0 amide bonds. The maximum absolute atomic E-state index is 11.8. The summed E-state index contributed by atoms with van der Waals surface area (Å²) in [6.45, 7) is 2.03. The largest absolute Gasteiger partial charge is 0.296 e. The first-order valence-corrected chi connectivity index (χ1v) is 7.57. The third-order valence-corrected chi connectivity index (χ3v) is 3.97. The van der Waals surface area contributed by atoms with Gasteiger partial charge in [-0.3, -0.25) is 4.18 Å². The van der Waals surface area contributed by atoms with Crippen molar-refractivity contribution in [2.24, 2.45) is 0 Å². The highest BCUT2D eigenvalue weighted by atomic mass is 32.2. The van der Waals surface area contributed by atoms with Crippen LogP contribution in [0, 0.1) is 0 Å². The van der Waals surface area contributed by atoms with E-state index in [0.717, 1.165) is 12.0 Å². The van der Waals surface area contributed by atoms with Crippen molar-refractivity contribution >= 4 is 10.1 Å². The van der Waals surface area contributed by atoms with Gasteiger partial charge in [0.2, 0.25) is 0 Å². The fraction of sp³-hybridized carbons (Fsp3) is 0.538. The van der Waals surface area contributed by atoms with Crippen LogP contribution in [-0.2, 0) is 25.8 Å². The third kappa shape index (κ3) is 4.76. The van der Waals surface area contributed by atoms with Gasteiger partial charge in [0, 0.05) is 0 Å². The van der Waals surface area contributed by atoms with E-state index in [1.54, 1.807) is 24.3 Å². The lowest BCUT2D eigenvalue weighted by Gasteiger charge is -2.06. The molecule has 0 aliphatic carbocycles. The van der Waals surface area contributed by atoms with Crippen molar-refractivity contribution in [1.82, 2.24) is 0 Å². The van der Waals surface area contributed by atoms with E-state index < -0.39 is 10.1 Å². The quantitative estimate of drug-likeness (QED) is 0.539. The van der Waals surface area contributed by atoms with E-state index in [0.29, 0.717) is 19.3 Å². The standard InChI is InChI=1S/C13H19O4S/c1-2-12-6-8-13(9-7-12)18(15,16)17-11-5-3-4-10-14/h6-9H,2-5,10-11H2,1H3. The van der Waals surface area contributed by atoms with Crippen molar-refractivity contribution in [3.63, 3.8) is 0 Å². The molecule has 0 unspecified atom stereocenters. The number of aryl methyl sites for hydroxylation is 1. The Balaban J connectivity index is 2.51. The van der Waals surface area contributed by atoms with Gasteiger partial charge in [0.15, 0.2) is 0 Å². The van der Waals surface area contributed by atoms with E-state index in [-0.39, 0.29) is 18.1 Å². The van der Waals surface area contributed by atoms with Gasteiger partial charge in [-0.2, -0.15) is 8.42 Å². The van der Waals surface area contributed by atoms with Crippen molar-refractivity contribution in [1.29, 1.82) is 0 Å². The molecule has 0 aliphatic heterocycles. The van der Waals surface area contributed by atoms with Crippen molar-refractivity contribution in [3.8, 4) is 0 Å². The van der Waals surface area contributed by atoms with Gasteiger partial charge in [0.05, 0.1) is 18.1 Å². The van der Waals surface area contributed by atoms with Crippen LogP contribution in [0.1, 0.15) is 31.7 Å². The van der Waals surface area contributed by atoms with Gasteiger partial charge in [0.1, 0.15) is 0 Å². The summed E-state index contributed by atoms with van der Waals surface area (Å²) in [5.41, 5.74) is 1.09. The lowest BCUT2D eigenvalue weighted by Crippen LogP contribution is -2.07. The second kappa shape index (κ2) is 7.51. The summed E-state index contributed by atoms with van der Waals surface area (Å²) in [7, 11) is -3.65. The second-order valence-electron chi connectivity index (χ2n) is 4.04. The number of benzene rings is 1. The van der Waals surface area contributed by atoms with Gasteiger partial charge in [-0.25, -0.2) is 5.11 Å². The smallest absolute Gasteiger partial charge is 0.266 e. The number of hydrogen-bond donors (Lipinski definition) is 0. The monoisotopic (exact) mass is 271 g/mol. The molecule has 0 atom stereocenters. The zero-order chi connectivity index (χ0) is 13.4. The van der Waals surface area contributed by atoms with E-state index in [9.17, 15) is 13.5 Å². The predicted octanol–water partition coefficient (Wildman–Crippen LogP) is 2.56. The Morgan fingerprint density at radius 1 is 1.06 bits per heavy atom. The summed E-state index contributed by atoms with van der Waals surface area (Å²) in [5, 5.41) is 10.2. The predicted molar refractivity (Wildman–Crippen MR) is 68.4 cm³/mol. The third-order valence-electron chi connectivity index (χ3n) is 2.65. The van der Waals surface area contributed by atoms with Crippen LogP contribution in [-0.4, -0.2) is 21.6 Å². The summed E-state index contributed by atoms with van der Waals surface area (Å²) in [6, 6.07) is 6.69. The molecule has 0 saturated heterocycles. The van der Waals surface area contributed by atoms with Crippen LogP contribution >= 0.6 is 0 Å². The molecule has 1 radical (unpaired) electrons. The minimum absolute atomic E-state index is 0.120. The van der Waals surface area contributed by atoms with E-state index >= 15 is 0 Å². The lowest BCUT2D eigenvalue weighted by molar-refractivity contribution is 0.183. The average molecular weight is 271 g/mol. The van der Waals surface area contributed by atoms with Gasteiger partial charge in [0.25, 0.3) is 10.1 Å². The van der Waals surface area contributed by atoms with Crippen LogP contribution in [0.15, 0.2) is 29.2 Å². The molecular formula is C13H19O4S. The summed E-state index contributed by atoms with van der Waals surface area (Å²) in [6.07, 6.45) is 2.73. The minimum Gasteiger partial charge on any atom is -0.266 e. The highest BCUT2D eigenvalue weighted by Crippen LogP contribution is 2.14. The van der Waals surface area contributed by atoms with E-state index in [1.165, 1.54) is 0 Å². The maximum Gasteiger partial charge on any atom is 0.296 e. The maximum atomic E-state index is 11.8. The summed E-state index contributed by atoms with van der Waals surface area (Å²) in [4.78, 5) is 0.184. The fourth-order valence-electron chi connectivity index (χ4n) is 1.51. The molecule has 18 heavy (non-hydrogen) atoms. The molecule has 101 valence electrons. The molecule has 0 fully saturated rings. The molecule has 4 nitrogen and oxygen atoms in total. The minimum atomic E-state index is -3.65. The van der Waals surface area contributed by atoms with Crippen molar-refractivity contribution in [2.75, 3.05) is 13.2 Å². The molecule has 0 heterocycles. The molecule has 1 rings (SSSR count). The van der Waals surface area contributed by atoms with Crippen LogP contribution < -0.4 is 0 Å². The highest BCUT2D eigenvalue weighted by Gasteiger charge is 2.14. The Bertz CT molecular complexity index is 437. The molecule has 1 aromatic rings. The van der Waals surface area contributed by atoms with Crippen LogP contribution in [0.2, 0.25) is 0 Å². The zero-order valence-electron chi connectivity index (χ0n) is 10.6. The first kappa shape index (κ1) is 15.1. The van der Waals surface area contributed by atoms with Crippen LogP contribution in [0.5, 0.6) is 0 Å². The molecule has 0 saturated carbocycles. The molecular weight excluding hydrogens is 252 g/mol. The Morgan fingerprint density at radius 3 is 2.28 bits per heavy atom. The van der Waals surface area contributed by atoms with E-state index in [4.69, 9.17) is 4.18 Å². The van der Waals surface area contributed by atoms with Crippen molar-refractivity contribution in [3.05, 3.63) is 29.8 Å². The van der Waals surface area contributed by atoms with Gasteiger partial charge < -0.3 is 0 Å². The van der Waals surface area contributed by atoms with Gasteiger partial charge in [-0.1, -0.05) is 19.1 Å². The van der Waals surface area contributed by atoms with Gasteiger partial charge in [-0.15, -0.1) is 0 Å². The summed E-state index contributed by atoms with van der Waals surface area (Å²) in [5.74, 6) is 0. The molecule has 0 bridgehead atoms. The Labute approximate surface area is 109 Å². The number of unbranched alkanes of at least 4 members (excludes halogenated alkanes) is 2.